The van der Waals surface area contributed by atoms with Crippen molar-refractivity contribution in [1.82, 2.24) is 4.98 Å². The number of hydrogen-bond acceptors (Lipinski definition) is 4. The number of carbonyl (C=O) groups excluding carboxylic acids is 2. The molecule has 3 rings (SSSR count). The van der Waals surface area contributed by atoms with Crippen LogP contribution >= 0.6 is 23.2 Å². The van der Waals surface area contributed by atoms with Crippen molar-refractivity contribution in [3.8, 4) is 0 Å². The van der Waals surface area contributed by atoms with Crippen molar-refractivity contribution in [3.63, 3.8) is 0 Å². The van der Waals surface area contributed by atoms with E-state index in [-0.39, 0.29) is 5.02 Å². The van der Waals surface area contributed by atoms with Crippen molar-refractivity contribution < 1.29 is 14.3 Å². The predicted molar refractivity (Wildman–Crippen MR) is 125 cm³/mol. The molecule has 162 valence electrons. The molecule has 0 radical (unpaired) electrons. The van der Waals surface area contributed by atoms with Gasteiger partial charge in [-0.25, -0.2) is 4.79 Å². The van der Waals surface area contributed by atoms with Crippen LogP contribution in [0.25, 0.3) is 10.9 Å². The number of para-hydroxylation sites is 1. The summed E-state index contributed by atoms with van der Waals surface area (Å²) in [5, 5.41) is 3.93. The van der Waals surface area contributed by atoms with Crippen LogP contribution < -0.4 is 5.32 Å². The van der Waals surface area contributed by atoms with Crippen LogP contribution in [-0.4, -0.2) is 23.0 Å². The van der Waals surface area contributed by atoms with Gasteiger partial charge in [0.25, 0.3) is 5.91 Å². The third kappa shape index (κ3) is 5.00. The normalized spacial score (nSPS) is 11.9. The third-order valence-corrected chi connectivity index (χ3v) is 5.80. The van der Waals surface area contributed by atoms with Crippen LogP contribution in [0.1, 0.15) is 48.8 Å². The Labute approximate surface area is 191 Å². The minimum atomic E-state index is -1.03. The van der Waals surface area contributed by atoms with Crippen molar-refractivity contribution in [2.45, 2.75) is 46.1 Å². The first kappa shape index (κ1) is 23.0. The highest BCUT2D eigenvalue weighted by atomic mass is 35.5. The van der Waals surface area contributed by atoms with Crippen molar-refractivity contribution in [1.29, 1.82) is 0 Å². The van der Waals surface area contributed by atoms with Gasteiger partial charge < -0.3 is 10.1 Å². The second-order valence-corrected chi connectivity index (χ2v) is 7.96. The number of anilines is 1. The first-order valence-electron chi connectivity index (χ1n) is 10.2. The lowest BCUT2D eigenvalue weighted by atomic mass is 9.96. The molecule has 0 aliphatic heterocycles. The van der Waals surface area contributed by atoms with E-state index in [2.05, 4.69) is 12.2 Å². The fraction of sp³-hybridized carbons (Fsp3) is 0.292. The number of fused-ring (bicyclic) bond motifs is 1. The molecular formula is C24H24Cl2N2O3. The van der Waals surface area contributed by atoms with Crippen LogP contribution in [0.15, 0.2) is 42.5 Å². The molecule has 0 spiro atoms. The van der Waals surface area contributed by atoms with Crippen molar-refractivity contribution in [3.05, 3.63) is 69.3 Å². The number of aryl methyl sites for hydroxylation is 1. The Hall–Kier alpha value is -2.63. The Morgan fingerprint density at radius 1 is 1.10 bits per heavy atom. The molecule has 1 unspecified atom stereocenters. The number of halogens is 2. The highest BCUT2D eigenvalue weighted by molar-refractivity contribution is 6.44. The summed E-state index contributed by atoms with van der Waals surface area (Å²) >= 11 is 12.1. The SMILES string of the molecule is CCCc1nc2ccccc2c(C(=O)OC(C)C(=O)Nc2cccc(Cl)c2Cl)c1CC. The molecule has 0 bridgehead atoms. The third-order valence-electron chi connectivity index (χ3n) is 4.99. The fourth-order valence-corrected chi connectivity index (χ4v) is 3.82. The lowest BCUT2D eigenvalue weighted by Gasteiger charge is -2.18. The van der Waals surface area contributed by atoms with E-state index in [1.807, 2.05) is 31.2 Å². The number of esters is 1. The molecule has 7 heteroatoms. The Morgan fingerprint density at radius 2 is 1.84 bits per heavy atom. The van der Waals surface area contributed by atoms with Crippen LogP contribution in [0.2, 0.25) is 10.0 Å². The topological polar surface area (TPSA) is 68.3 Å². The van der Waals surface area contributed by atoms with Crippen LogP contribution in [0.3, 0.4) is 0 Å². The maximum Gasteiger partial charge on any atom is 0.339 e. The van der Waals surface area contributed by atoms with Gasteiger partial charge >= 0.3 is 5.97 Å². The molecule has 1 heterocycles. The van der Waals surface area contributed by atoms with Gasteiger partial charge in [-0.15, -0.1) is 0 Å². The van der Waals surface area contributed by atoms with Gasteiger partial charge in [0.2, 0.25) is 0 Å². The van der Waals surface area contributed by atoms with Crippen LogP contribution in [0.5, 0.6) is 0 Å². The minimum absolute atomic E-state index is 0.230. The summed E-state index contributed by atoms with van der Waals surface area (Å²) in [5.74, 6) is -1.05. The number of pyridine rings is 1. The first-order chi connectivity index (χ1) is 14.9. The summed E-state index contributed by atoms with van der Waals surface area (Å²) in [6.07, 6.45) is 1.27. The second kappa shape index (κ2) is 10.1. The van der Waals surface area contributed by atoms with Gasteiger partial charge in [-0.3, -0.25) is 9.78 Å². The summed E-state index contributed by atoms with van der Waals surface area (Å²) in [4.78, 5) is 30.6. The minimum Gasteiger partial charge on any atom is -0.449 e. The van der Waals surface area contributed by atoms with Crippen LogP contribution in [-0.2, 0) is 22.4 Å². The van der Waals surface area contributed by atoms with Gasteiger partial charge in [0.15, 0.2) is 6.10 Å². The largest absolute Gasteiger partial charge is 0.449 e. The van der Waals surface area contributed by atoms with E-state index in [9.17, 15) is 9.59 Å². The number of nitrogens with one attached hydrogen (secondary N) is 1. The molecule has 0 aliphatic carbocycles. The number of amides is 1. The number of rotatable bonds is 7. The van der Waals surface area contributed by atoms with E-state index < -0.39 is 18.0 Å². The Kier molecular flexibility index (Phi) is 7.52. The predicted octanol–water partition coefficient (Wildman–Crippen LogP) is 6.24. The zero-order chi connectivity index (χ0) is 22.5. The molecule has 3 aromatic rings. The van der Waals surface area contributed by atoms with Gasteiger partial charge in [0, 0.05) is 11.1 Å². The van der Waals surface area contributed by atoms with E-state index >= 15 is 0 Å². The van der Waals surface area contributed by atoms with Crippen molar-refractivity contribution in [2.24, 2.45) is 0 Å². The number of ether oxygens (including phenoxy) is 1. The van der Waals surface area contributed by atoms with E-state index in [1.165, 1.54) is 6.92 Å². The monoisotopic (exact) mass is 458 g/mol. The number of carbonyl (C=O) groups is 2. The molecule has 0 saturated carbocycles. The average Bonchev–Trinajstić information content (AvgIpc) is 2.75. The number of nitrogens with zero attached hydrogens (tertiary/aromatic N) is 1. The van der Waals surface area contributed by atoms with E-state index in [1.54, 1.807) is 18.2 Å². The van der Waals surface area contributed by atoms with Crippen LogP contribution in [0.4, 0.5) is 5.69 Å². The van der Waals surface area contributed by atoms with Crippen molar-refractivity contribution >= 4 is 51.7 Å². The van der Waals surface area contributed by atoms with Crippen molar-refractivity contribution in [2.75, 3.05) is 5.32 Å². The summed E-state index contributed by atoms with van der Waals surface area (Å²) in [7, 11) is 0. The summed E-state index contributed by atoms with van der Waals surface area (Å²) < 4.78 is 5.57. The lowest BCUT2D eigenvalue weighted by Crippen LogP contribution is -2.30. The maximum absolute atomic E-state index is 13.2. The Balaban J connectivity index is 1.90. The maximum atomic E-state index is 13.2. The van der Waals surface area contributed by atoms with Gasteiger partial charge in [-0.2, -0.15) is 0 Å². The highest BCUT2D eigenvalue weighted by Gasteiger charge is 2.25. The standard InChI is InChI=1S/C24H24Cl2N2O3/c1-4-9-18-15(5-2)21(16-10-6-7-12-19(16)27-18)24(30)31-14(3)23(29)28-20-13-8-11-17(25)22(20)26/h6-8,10-14H,4-5,9H2,1-3H3,(H,28,29). The molecular weight excluding hydrogens is 435 g/mol. The van der Waals surface area contributed by atoms with Gasteiger partial charge in [0.05, 0.1) is 26.8 Å². The average molecular weight is 459 g/mol. The highest BCUT2D eigenvalue weighted by Crippen LogP contribution is 2.30. The summed E-state index contributed by atoms with van der Waals surface area (Å²) in [6, 6.07) is 12.4. The Bertz CT molecular complexity index is 1130. The Morgan fingerprint density at radius 3 is 2.55 bits per heavy atom. The quantitative estimate of drug-likeness (QED) is 0.425. The molecule has 0 fully saturated rings. The molecule has 2 aromatic carbocycles. The number of aromatic nitrogens is 1. The van der Waals surface area contributed by atoms with E-state index in [0.717, 1.165) is 35.0 Å². The summed E-state index contributed by atoms with van der Waals surface area (Å²) in [5.41, 5.74) is 3.31. The zero-order valence-corrected chi connectivity index (χ0v) is 19.2. The molecule has 1 aromatic heterocycles. The zero-order valence-electron chi connectivity index (χ0n) is 17.7. The van der Waals surface area contributed by atoms with E-state index in [0.29, 0.717) is 22.7 Å². The van der Waals surface area contributed by atoms with Gasteiger partial charge in [-0.05, 0) is 43.5 Å². The fourth-order valence-electron chi connectivity index (χ4n) is 3.47. The lowest BCUT2D eigenvalue weighted by molar-refractivity contribution is -0.123. The molecule has 5 nitrogen and oxygen atoms in total. The molecule has 1 N–H and O–H groups in total. The van der Waals surface area contributed by atoms with Gasteiger partial charge in [0.1, 0.15) is 0 Å². The second-order valence-electron chi connectivity index (χ2n) is 7.17. The number of hydrogen-bond donors (Lipinski definition) is 1. The molecule has 1 amide bonds. The smallest absolute Gasteiger partial charge is 0.339 e. The summed E-state index contributed by atoms with van der Waals surface area (Å²) in [6.45, 7) is 5.58. The number of benzene rings is 2. The molecule has 1 atom stereocenters. The molecule has 31 heavy (non-hydrogen) atoms. The van der Waals surface area contributed by atoms with E-state index in [4.69, 9.17) is 32.9 Å². The first-order valence-corrected chi connectivity index (χ1v) is 11.0. The molecule has 0 aliphatic rings. The molecule has 0 saturated heterocycles. The van der Waals surface area contributed by atoms with Gasteiger partial charge in [-0.1, -0.05) is 67.7 Å². The van der Waals surface area contributed by atoms with Crippen LogP contribution in [0, 0.1) is 0 Å².